The predicted molar refractivity (Wildman–Crippen MR) is 102 cm³/mol. The second-order valence-electron chi connectivity index (χ2n) is 6.09. The van der Waals surface area contributed by atoms with Crippen molar-refractivity contribution in [1.82, 2.24) is 4.90 Å². The summed E-state index contributed by atoms with van der Waals surface area (Å²) in [5.74, 6) is 0.987. The van der Waals surface area contributed by atoms with E-state index in [-0.39, 0.29) is 35.1 Å². The molecule has 0 fully saturated rings. The molecule has 3 rings (SSSR count). The van der Waals surface area contributed by atoms with Crippen LogP contribution in [0.25, 0.3) is 0 Å². The molecule has 1 heterocycles. The molecule has 1 atom stereocenters. The summed E-state index contributed by atoms with van der Waals surface area (Å²) in [7, 11) is 0. The number of carbonyl (C=O) groups excluding carboxylic acids is 1. The number of ether oxygens (including phenoxy) is 3. The minimum Gasteiger partial charge on any atom is -0.486 e. The van der Waals surface area contributed by atoms with Gasteiger partial charge in [-0.3, -0.25) is 14.9 Å². The summed E-state index contributed by atoms with van der Waals surface area (Å²) in [5.41, 5.74) is -0.288. The fraction of sp³-hybridized carbons (Fsp3) is 0.316. The zero-order valence-electron chi connectivity index (χ0n) is 15.2. The third kappa shape index (κ3) is 4.64. The molecule has 1 amide bonds. The third-order valence-electron chi connectivity index (χ3n) is 4.19. The van der Waals surface area contributed by atoms with Crippen LogP contribution in [0.1, 0.15) is 6.92 Å². The summed E-state index contributed by atoms with van der Waals surface area (Å²) in [6.45, 7) is 2.58. The second kappa shape index (κ2) is 8.79. The maximum absolute atomic E-state index is 12.5. The van der Waals surface area contributed by atoms with Crippen LogP contribution in [0.4, 0.5) is 5.69 Å². The maximum Gasteiger partial charge on any atom is 0.312 e. The highest BCUT2D eigenvalue weighted by Crippen LogP contribution is 2.31. The van der Waals surface area contributed by atoms with Crippen molar-refractivity contribution in [2.24, 2.45) is 0 Å². The molecule has 0 saturated heterocycles. The molecule has 0 aliphatic carbocycles. The van der Waals surface area contributed by atoms with Crippen LogP contribution in [0.15, 0.2) is 42.5 Å². The normalized spacial score (nSPS) is 15.0. The van der Waals surface area contributed by atoms with Crippen LogP contribution in [-0.2, 0) is 4.79 Å². The van der Waals surface area contributed by atoms with Gasteiger partial charge in [0, 0.05) is 17.6 Å². The summed E-state index contributed by atoms with van der Waals surface area (Å²) in [5, 5.41) is 11.3. The number of hydrogen-bond acceptors (Lipinski definition) is 6. The van der Waals surface area contributed by atoms with Gasteiger partial charge in [0.05, 0.1) is 11.5 Å². The van der Waals surface area contributed by atoms with E-state index in [9.17, 15) is 14.9 Å². The quantitative estimate of drug-likeness (QED) is 0.517. The second-order valence-corrected chi connectivity index (χ2v) is 6.52. The van der Waals surface area contributed by atoms with Crippen LogP contribution < -0.4 is 14.2 Å². The van der Waals surface area contributed by atoms with Crippen LogP contribution in [0.2, 0.25) is 5.02 Å². The molecule has 28 heavy (non-hydrogen) atoms. The van der Waals surface area contributed by atoms with Gasteiger partial charge in [-0.05, 0) is 31.2 Å². The van der Waals surface area contributed by atoms with Crippen molar-refractivity contribution in [1.29, 1.82) is 0 Å². The number of hydrogen-bond donors (Lipinski definition) is 0. The van der Waals surface area contributed by atoms with Crippen molar-refractivity contribution in [3.63, 3.8) is 0 Å². The molecular formula is C19H19ClN2O6. The van der Waals surface area contributed by atoms with Crippen molar-refractivity contribution in [3.8, 4) is 17.2 Å². The lowest BCUT2D eigenvalue weighted by molar-refractivity contribution is -0.385. The first-order valence-corrected chi connectivity index (χ1v) is 9.08. The van der Waals surface area contributed by atoms with Gasteiger partial charge in [0.15, 0.2) is 30.0 Å². The van der Waals surface area contributed by atoms with E-state index in [0.717, 1.165) is 0 Å². The molecule has 0 radical (unpaired) electrons. The summed E-state index contributed by atoms with van der Waals surface area (Å²) in [6, 6.07) is 11.4. The highest BCUT2D eigenvalue weighted by Gasteiger charge is 2.25. The first-order chi connectivity index (χ1) is 13.5. The Labute approximate surface area is 166 Å². The molecular weight excluding hydrogens is 388 g/mol. The van der Waals surface area contributed by atoms with E-state index in [1.54, 1.807) is 4.90 Å². The molecule has 9 heteroatoms. The average molecular weight is 407 g/mol. The Kier molecular flexibility index (Phi) is 6.20. The highest BCUT2D eigenvalue weighted by atomic mass is 35.5. The van der Waals surface area contributed by atoms with E-state index in [1.165, 1.54) is 18.2 Å². The first kappa shape index (κ1) is 19.8. The molecule has 0 N–H and O–H groups in total. The lowest BCUT2D eigenvalue weighted by atomic mass is 10.2. The number of rotatable bonds is 7. The van der Waals surface area contributed by atoms with Crippen molar-refractivity contribution in [2.45, 2.75) is 13.0 Å². The van der Waals surface area contributed by atoms with Gasteiger partial charge >= 0.3 is 5.69 Å². The molecule has 0 saturated carbocycles. The first-order valence-electron chi connectivity index (χ1n) is 8.71. The molecule has 1 aliphatic heterocycles. The molecule has 0 bridgehead atoms. The van der Waals surface area contributed by atoms with Crippen LogP contribution in [0.3, 0.4) is 0 Å². The van der Waals surface area contributed by atoms with Gasteiger partial charge < -0.3 is 19.1 Å². The summed E-state index contributed by atoms with van der Waals surface area (Å²) >= 11 is 5.78. The van der Waals surface area contributed by atoms with Gasteiger partial charge in [-0.1, -0.05) is 23.7 Å². The number of nitrogens with zero attached hydrogens (tertiary/aromatic N) is 2. The van der Waals surface area contributed by atoms with Gasteiger partial charge in [-0.15, -0.1) is 0 Å². The van der Waals surface area contributed by atoms with E-state index in [0.29, 0.717) is 31.2 Å². The van der Waals surface area contributed by atoms with Gasteiger partial charge in [-0.2, -0.15) is 0 Å². The van der Waals surface area contributed by atoms with Crippen molar-refractivity contribution in [2.75, 3.05) is 26.3 Å². The number of benzene rings is 2. The lowest BCUT2D eigenvalue weighted by Crippen LogP contribution is -2.45. The van der Waals surface area contributed by atoms with Crippen LogP contribution >= 0.6 is 11.6 Å². The Hall–Kier alpha value is -3.00. The zero-order valence-corrected chi connectivity index (χ0v) is 15.9. The van der Waals surface area contributed by atoms with Crippen LogP contribution in [-0.4, -0.2) is 48.1 Å². The Morgan fingerprint density at radius 2 is 2.07 bits per heavy atom. The number of nitro benzene ring substituents is 1. The van der Waals surface area contributed by atoms with Crippen LogP contribution in [0, 0.1) is 10.1 Å². The SMILES string of the molecule is CCN(C[C@H]1COc2ccccc2O1)C(=O)COc1ccc(Cl)cc1[N+](=O)[O-]. The van der Waals surface area contributed by atoms with E-state index >= 15 is 0 Å². The standard InChI is InChI=1S/C19H19ClN2O6/c1-2-21(10-14-11-26-17-5-3-4-6-18(17)28-14)19(23)12-27-16-8-7-13(20)9-15(16)22(24)25/h3-9,14H,2,10-12H2,1H3/t14-/m0/s1. The topological polar surface area (TPSA) is 91.1 Å². The van der Waals surface area contributed by atoms with Crippen molar-refractivity contribution in [3.05, 3.63) is 57.6 Å². The highest BCUT2D eigenvalue weighted by molar-refractivity contribution is 6.30. The maximum atomic E-state index is 12.5. The number of halogens is 1. The molecule has 1 aliphatic rings. The smallest absolute Gasteiger partial charge is 0.312 e. The molecule has 8 nitrogen and oxygen atoms in total. The zero-order chi connectivity index (χ0) is 20.1. The van der Waals surface area contributed by atoms with Crippen molar-refractivity contribution < 1.29 is 23.9 Å². The molecule has 148 valence electrons. The number of fused-ring (bicyclic) bond motifs is 1. The number of likely N-dealkylation sites (N-methyl/N-ethyl adjacent to an activating group) is 1. The van der Waals surface area contributed by atoms with Gasteiger partial charge in [0.1, 0.15) is 6.61 Å². The number of carbonyl (C=O) groups is 1. The minimum absolute atomic E-state index is 0.00928. The third-order valence-corrected chi connectivity index (χ3v) is 4.43. The fourth-order valence-electron chi connectivity index (χ4n) is 2.79. The Balaban J connectivity index is 1.60. The molecule has 0 spiro atoms. The van der Waals surface area contributed by atoms with Gasteiger partial charge in [0.25, 0.3) is 5.91 Å². The van der Waals surface area contributed by atoms with E-state index in [4.69, 9.17) is 25.8 Å². The van der Waals surface area contributed by atoms with Crippen molar-refractivity contribution >= 4 is 23.2 Å². The lowest BCUT2D eigenvalue weighted by Gasteiger charge is -2.30. The largest absolute Gasteiger partial charge is 0.486 e. The summed E-state index contributed by atoms with van der Waals surface area (Å²) in [6.07, 6.45) is -0.316. The fourth-order valence-corrected chi connectivity index (χ4v) is 2.96. The number of para-hydroxylation sites is 2. The van der Waals surface area contributed by atoms with Gasteiger partial charge in [-0.25, -0.2) is 0 Å². The Morgan fingerprint density at radius 1 is 1.32 bits per heavy atom. The molecule has 2 aromatic rings. The molecule has 0 aromatic heterocycles. The summed E-state index contributed by atoms with van der Waals surface area (Å²) < 4.78 is 16.9. The Morgan fingerprint density at radius 3 is 2.79 bits per heavy atom. The number of amides is 1. The van der Waals surface area contributed by atoms with E-state index < -0.39 is 4.92 Å². The van der Waals surface area contributed by atoms with Crippen LogP contribution in [0.5, 0.6) is 17.2 Å². The Bertz CT molecular complexity index is 875. The summed E-state index contributed by atoms with van der Waals surface area (Å²) in [4.78, 5) is 24.6. The average Bonchev–Trinajstić information content (AvgIpc) is 2.70. The molecule has 2 aromatic carbocycles. The number of nitro groups is 1. The minimum atomic E-state index is -0.603. The van der Waals surface area contributed by atoms with Gasteiger partial charge in [0.2, 0.25) is 0 Å². The predicted octanol–water partition coefficient (Wildman–Crippen LogP) is 3.32. The van der Waals surface area contributed by atoms with E-state index in [1.807, 2.05) is 31.2 Å². The molecule has 0 unspecified atom stereocenters. The monoisotopic (exact) mass is 406 g/mol. The van der Waals surface area contributed by atoms with E-state index in [2.05, 4.69) is 0 Å².